The standard InChI is InChI=1S/C16H15NO3/c18-13-16(19)20-17(11-14-7-3-1-4-8-14)12-15-9-5-2-6-10-15/h1-10,13H,11-12H2. The molecule has 0 saturated heterocycles. The van der Waals surface area contributed by atoms with Crippen molar-refractivity contribution in [2.24, 2.45) is 0 Å². The lowest BCUT2D eigenvalue weighted by molar-refractivity contribution is -0.195. The van der Waals surface area contributed by atoms with E-state index in [1.54, 1.807) is 0 Å². The van der Waals surface area contributed by atoms with Crippen LogP contribution in [0, 0.1) is 0 Å². The summed E-state index contributed by atoms with van der Waals surface area (Å²) in [5, 5.41) is 1.47. The molecule has 0 bridgehead atoms. The first-order valence-corrected chi connectivity index (χ1v) is 6.28. The van der Waals surface area contributed by atoms with Gasteiger partial charge in [0.15, 0.2) is 0 Å². The molecule has 0 radical (unpaired) electrons. The average molecular weight is 269 g/mol. The molecule has 20 heavy (non-hydrogen) atoms. The minimum absolute atomic E-state index is 0.170. The summed E-state index contributed by atoms with van der Waals surface area (Å²) in [5.74, 6) is -0.892. The van der Waals surface area contributed by atoms with Crippen LogP contribution in [0.2, 0.25) is 0 Å². The van der Waals surface area contributed by atoms with Crippen molar-refractivity contribution in [3.8, 4) is 0 Å². The van der Waals surface area contributed by atoms with Gasteiger partial charge in [0, 0.05) is 0 Å². The molecule has 0 heterocycles. The Bertz CT molecular complexity index is 513. The smallest absolute Gasteiger partial charge is 0.361 e. The molecular formula is C16H15NO3. The van der Waals surface area contributed by atoms with Gasteiger partial charge in [-0.2, -0.15) is 0 Å². The Morgan fingerprint density at radius 3 is 1.75 bits per heavy atom. The number of rotatable bonds is 6. The Morgan fingerprint density at radius 1 is 0.900 bits per heavy atom. The van der Waals surface area contributed by atoms with E-state index in [1.807, 2.05) is 60.7 Å². The minimum Gasteiger partial charge on any atom is -0.361 e. The molecule has 102 valence electrons. The SMILES string of the molecule is O=CC(=O)ON(Cc1ccccc1)Cc1ccccc1. The number of aldehydes is 1. The highest BCUT2D eigenvalue weighted by Gasteiger charge is 2.12. The molecule has 2 rings (SSSR count). The maximum absolute atomic E-state index is 11.2. The zero-order chi connectivity index (χ0) is 14.2. The van der Waals surface area contributed by atoms with Gasteiger partial charge in [-0.25, -0.2) is 4.79 Å². The van der Waals surface area contributed by atoms with E-state index in [9.17, 15) is 9.59 Å². The van der Waals surface area contributed by atoms with E-state index in [-0.39, 0.29) is 6.29 Å². The summed E-state index contributed by atoms with van der Waals surface area (Å²) in [6, 6.07) is 19.2. The van der Waals surface area contributed by atoms with E-state index >= 15 is 0 Å². The maximum Gasteiger partial charge on any atom is 0.390 e. The van der Waals surface area contributed by atoms with Gasteiger partial charge in [-0.1, -0.05) is 60.7 Å². The molecule has 0 aliphatic heterocycles. The molecule has 0 aliphatic rings. The highest BCUT2D eigenvalue weighted by molar-refractivity contribution is 6.20. The second kappa shape index (κ2) is 7.21. The van der Waals surface area contributed by atoms with Crippen LogP contribution in [0.25, 0.3) is 0 Å². The highest BCUT2D eigenvalue weighted by atomic mass is 16.7. The molecule has 0 atom stereocenters. The Hall–Kier alpha value is -2.46. The summed E-state index contributed by atoms with van der Waals surface area (Å²) < 4.78 is 0. The van der Waals surface area contributed by atoms with Crippen LogP contribution in [-0.2, 0) is 27.5 Å². The number of hydrogen-bond acceptors (Lipinski definition) is 4. The van der Waals surface area contributed by atoms with Gasteiger partial charge in [-0.05, 0) is 11.1 Å². The van der Waals surface area contributed by atoms with E-state index in [1.165, 1.54) is 5.06 Å². The van der Waals surface area contributed by atoms with Crippen molar-refractivity contribution >= 4 is 12.3 Å². The van der Waals surface area contributed by atoms with Gasteiger partial charge in [-0.3, -0.25) is 4.79 Å². The van der Waals surface area contributed by atoms with Crippen molar-refractivity contribution in [1.29, 1.82) is 0 Å². The fraction of sp³-hybridized carbons (Fsp3) is 0.125. The second-order valence-corrected chi connectivity index (χ2v) is 4.30. The first-order valence-electron chi connectivity index (χ1n) is 6.28. The zero-order valence-electron chi connectivity index (χ0n) is 10.9. The Kier molecular flexibility index (Phi) is 5.03. The molecular weight excluding hydrogens is 254 g/mol. The van der Waals surface area contributed by atoms with Gasteiger partial charge in [0.25, 0.3) is 0 Å². The summed E-state index contributed by atoms with van der Waals surface area (Å²) in [6.07, 6.45) is 0.170. The maximum atomic E-state index is 11.2. The van der Waals surface area contributed by atoms with Gasteiger partial charge >= 0.3 is 5.97 Å². The summed E-state index contributed by atoms with van der Waals surface area (Å²) >= 11 is 0. The van der Waals surface area contributed by atoms with Gasteiger partial charge in [0.05, 0.1) is 13.1 Å². The quantitative estimate of drug-likeness (QED) is 0.459. The third kappa shape index (κ3) is 4.33. The van der Waals surface area contributed by atoms with Crippen LogP contribution in [0.1, 0.15) is 11.1 Å². The minimum atomic E-state index is -0.892. The first-order chi connectivity index (χ1) is 9.78. The lowest BCUT2D eigenvalue weighted by Gasteiger charge is -2.20. The molecule has 0 aromatic heterocycles. The van der Waals surface area contributed by atoms with Gasteiger partial charge in [0.1, 0.15) is 0 Å². The normalized spacial score (nSPS) is 10.2. The van der Waals surface area contributed by atoms with Crippen LogP contribution < -0.4 is 0 Å². The summed E-state index contributed by atoms with van der Waals surface area (Å²) in [7, 11) is 0. The fourth-order valence-corrected chi connectivity index (χ4v) is 1.84. The zero-order valence-corrected chi connectivity index (χ0v) is 10.9. The molecule has 4 heteroatoms. The largest absolute Gasteiger partial charge is 0.390 e. The monoisotopic (exact) mass is 269 g/mol. The van der Waals surface area contributed by atoms with E-state index in [4.69, 9.17) is 4.84 Å². The van der Waals surface area contributed by atoms with Crippen molar-refractivity contribution in [3.63, 3.8) is 0 Å². The lowest BCUT2D eigenvalue weighted by Crippen LogP contribution is -2.27. The van der Waals surface area contributed by atoms with Crippen molar-refractivity contribution < 1.29 is 14.4 Å². The summed E-state index contributed by atoms with van der Waals surface area (Å²) in [4.78, 5) is 26.6. The second-order valence-electron chi connectivity index (χ2n) is 4.30. The van der Waals surface area contributed by atoms with E-state index in [2.05, 4.69) is 0 Å². The van der Waals surface area contributed by atoms with Crippen molar-refractivity contribution in [2.75, 3.05) is 0 Å². The number of hydrogen-bond donors (Lipinski definition) is 0. The molecule has 0 amide bonds. The molecule has 0 unspecified atom stereocenters. The van der Waals surface area contributed by atoms with Gasteiger partial charge in [-0.15, -0.1) is 5.06 Å². The summed E-state index contributed by atoms with van der Waals surface area (Å²) in [5.41, 5.74) is 2.00. The number of carbonyl (C=O) groups is 2. The molecule has 0 fully saturated rings. The Labute approximate surface area is 117 Å². The lowest BCUT2D eigenvalue weighted by atomic mass is 10.2. The van der Waals surface area contributed by atoms with Gasteiger partial charge in [0.2, 0.25) is 6.29 Å². The molecule has 4 nitrogen and oxygen atoms in total. The van der Waals surface area contributed by atoms with E-state index < -0.39 is 5.97 Å². The van der Waals surface area contributed by atoms with Gasteiger partial charge < -0.3 is 4.84 Å². The molecule has 0 aliphatic carbocycles. The van der Waals surface area contributed by atoms with Crippen molar-refractivity contribution in [3.05, 3.63) is 71.8 Å². The van der Waals surface area contributed by atoms with Crippen molar-refractivity contribution in [1.82, 2.24) is 5.06 Å². The van der Waals surface area contributed by atoms with Crippen LogP contribution in [0.4, 0.5) is 0 Å². The van der Waals surface area contributed by atoms with Crippen LogP contribution in [-0.4, -0.2) is 17.3 Å². The predicted molar refractivity (Wildman–Crippen MR) is 74.3 cm³/mol. The number of benzene rings is 2. The molecule has 2 aromatic rings. The van der Waals surface area contributed by atoms with Crippen molar-refractivity contribution in [2.45, 2.75) is 13.1 Å². The van der Waals surface area contributed by atoms with Crippen LogP contribution in [0.15, 0.2) is 60.7 Å². The third-order valence-electron chi connectivity index (χ3n) is 2.72. The third-order valence-corrected chi connectivity index (χ3v) is 2.72. The number of nitrogens with zero attached hydrogens (tertiary/aromatic N) is 1. The number of carbonyl (C=O) groups excluding carboxylic acids is 2. The topological polar surface area (TPSA) is 46.6 Å². The van der Waals surface area contributed by atoms with E-state index in [0.717, 1.165) is 11.1 Å². The highest BCUT2D eigenvalue weighted by Crippen LogP contribution is 2.10. The predicted octanol–water partition coefficient (Wildman–Crippen LogP) is 2.35. The fourth-order valence-electron chi connectivity index (χ4n) is 1.84. The average Bonchev–Trinajstić information content (AvgIpc) is 2.49. The molecule has 0 spiro atoms. The molecule has 0 N–H and O–H groups in total. The Morgan fingerprint density at radius 2 is 1.35 bits per heavy atom. The molecule has 2 aromatic carbocycles. The van der Waals surface area contributed by atoms with Crippen LogP contribution >= 0.6 is 0 Å². The Balaban J connectivity index is 2.08. The van der Waals surface area contributed by atoms with E-state index in [0.29, 0.717) is 13.1 Å². The molecule has 0 saturated carbocycles. The summed E-state index contributed by atoms with van der Waals surface area (Å²) in [6.45, 7) is 0.852. The first kappa shape index (κ1) is 14.0. The number of hydroxylamine groups is 2. The van der Waals surface area contributed by atoms with Crippen LogP contribution in [0.5, 0.6) is 0 Å². The van der Waals surface area contributed by atoms with Crippen LogP contribution in [0.3, 0.4) is 0 Å².